The first-order valence-electron chi connectivity index (χ1n) is 7.11. The van der Waals surface area contributed by atoms with E-state index in [0.29, 0.717) is 5.92 Å². The van der Waals surface area contributed by atoms with Crippen LogP contribution in [0.4, 0.5) is 0 Å². The van der Waals surface area contributed by atoms with Gasteiger partial charge in [0, 0.05) is 30.0 Å². The minimum absolute atomic E-state index is 0.266. The second-order valence-electron chi connectivity index (χ2n) is 5.16. The lowest BCUT2D eigenvalue weighted by atomic mass is 10.0. The molecule has 4 heterocycles. The van der Waals surface area contributed by atoms with Crippen molar-refractivity contribution in [3.8, 4) is 11.3 Å². The van der Waals surface area contributed by atoms with Crippen molar-refractivity contribution in [3.63, 3.8) is 0 Å². The van der Waals surface area contributed by atoms with Crippen LogP contribution in [0.5, 0.6) is 0 Å². The summed E-state index contributed by atoms with van der Waals surface area (Å²) < 4.78 is 1.94. The minimum Gasteiger partial charge on any atom is -0.381 e. The van der Waals surface area contributed by atoms with E-state index >= 15 is 0 Å². The highest BCUT2D eigenvalue weighted by molar-refractivity contribution is 5.56. The molecule has 0 spiro atoms. The van der Waals surface area contributed by atoms with Crippen LogP contribution in [0.25, 0.3) is 17.3 Å². The molecular formula is C16H15N6+. The SMILES string of the molecule is C1=CC2C=c3nc[nH]c(-c4ccncc4)cnc[n+]3=CC2N1. The number of aromatic amines is 1. The Labute approximate surface area is 127 Å². The van der Waals surface area contributed by atoms with Gasteiger partial charge in [-0.2, -0.15) is 0 Å². The number of nitrogens with zero attached hydrogens (tertiary/aromatic N) is 4. The molecule has 0 saturated heterocycles. The van der Waals surface area contributed by atoms with Crippen LogP contribution < -0.4 is 15.0 Å². The fraction of sp³-hybridized carbons (Fsp3) is 0.125. The largest absolute Gasteiger partial charge is 0.381 e. The average molecular weight is 291 g/mol. The van der Waals surface area contributed by atoms with Gasteiger partial charge >= 0.3 is 0 Å². The number of aromatic nitrogens is 5. The Hall–Kier alpha value is -3.02. The summed E-state index contributed by atoms with van der Waals surface area (Å²) in [5.41, 5.74) is 2.74. The average Bonchev–Trinajstić information content (AvgIpc) is 3.03. The molecule has 2 aliphatic heterocycles. The van der Waals surface area contributed by atoms with E-state index in [1.807, 2.05) is 22.6 Å². The highest BCUT2D eigenvalue weighted by Gasteiger charge is 2.22. The Balaban J connectivity index is 1.87. The Morgan fingerprint density at radius 2 is 2.05 bits per heavy atom. The first-order valence-corrected chi connectivity index (χ1v) is 7.11. The van der Waals surface area contributed by atoms with Crippen molar-refractivity contribution in [1.29, 1.82) is 0 Å². The summed E-state index contributed by atoms with van der Waals surface area (Å²) in [4.78, 5) is 16.1. The molecule has 6 nitrogen and oxygen atoms in total. The molecule has 0 fully saturated rings. The summed E-state index contributed by atoms with van der Waals surface area (Å²) >= 11 is 0. The standard InChI is InChI=1S/C16H15N6/c1-4-17-5-2-12(1)14-8-18-11-22-9-15-13(3-6-19-15)7-16(22)21-10-20-14/h1-11,13,15,19H,(H,20,21)/q+1. The third kappa shape index (κ3) is 2.35. The highest BCUT2D eigenvalue weighted by Crippen LogP contribution is 2.14. The molecule has 2 aliphatic rings. The predicted octanol–water partition coefficient (Wildman–Crippen LogP) is 0.184. The van der Waals surface area contributed by atoms with E-state index in [1.165, 1.54) is 0 Å². The van der Waals surface area contributed by atoms with Crippen LogP contribution >= 0.6 is 0 Å². The van der Waals surface area contributed by atoms with E-state index in [2.05, 4.69) is 43.6 Å². The lowest BCUT2D eigenvalue weighted by Crippen LogP contribution is -2.47. The van der Waals surface area contributed by atoms with Gasteiger partial charge in [-0.25, -0.2) is 4.24 Å². The number of pyridine rings is 1. The molecule has 0 aliphatic carbocycles. The van der Waals surface area contributed by atoms with Gasteiger partial charge in [0.1, 0.15) is 6.20 Å². The van der Waals surface area contributed by atoms with Crippen LogP contribution in [0.1, 0.15) is 0 Å². The van der Waals surface area contributed by atoms with E-state index in [-0.39, 0.29) is 6.04 Å². The maximum Gasteiger partial charge on any atom is 0.265 e. The maximum atomic E-state index is 4.51. The van der Waals surface area contributed by atoms with E-state index in [4.69, 9.17) is 0 Å². The number of H-pyrrole nitrogens is 1. The van der Waals surface area contributed by atoms with Gasteiger partial charge in [-0.3, -0.25) is 4.98 Å². The van der Waals surface area contributed by atoms with Crippen LogP contribution in [-0.2, 0) is 0 Å². The molecule has 2 unspecified atom stereocenters. The highest BCUT2D eigenvalue weighted by atomic mass is 15.0. The van der Waals surface area contributed by atoms with Crippen LogP contribution in [0.15, 0.2) is 55.7 Å². The Kier molecular flexibility index (Phi) is 3.12. The Morgan fingerprint density at radius 1 is 1.14 bits per heavy atom. The number of hydrogen-bond donors (Lipinski definition) is 2. The maximum absolute atomic E-state index is 4.51. The number of nitrogens with one attached hydrogen (secondary N) is 2. The zero-order valence-corrected chi connectivity index (χ0v) is 11.8. The molecule has 108 valence electrons. The lowest BCUT2D eigenvalue weighted by molar-refractivity contribution is -0.536. The van der Waals surface area contributed by atoms with Crippen molar-refractivity contribution in [3.05, 3.63) is 67.3 Å². The van der Waals surface area contributed by atoms with Gasteiger partial charge in [0.15, 0.2) is 6.33 Å². The molecule has 2 aromatic heterocycles. The van der Waals surface area contributed by atoms with E-state index in [9.17, 15) is 0 Å². The van der Waals surface area contributed by atoms with Gasteiger partial charge in [-0.15, -0.1) is 4.98 Å². The summed E-state index contributed by atoms with van der Waals surface area (Å²) in [5.74, 6) is 0.338. The zero-order chi connectivity index (χ0) is 14.8. The summed E-state index contributed by atoms with van der Waals surface area (Å²) in [6.07, 6.45) is 17.1. The second kappa shape index (κ2) is 5.40. The van der Waals surface area contributed by atoms with Crippen molar-refractivity contribution < 1.29 is 4.24 Å². The first kappa shape index (κ1) is 12.7. The van der Waals surface area contributed by atoms with Gasteiger partial charge in [0.05, 0.1) is 18.0 Å². The molecule has 2 atom stereocenters. The van der Waals surface area contributed by atoms with Crippen molar-refractivity contribution in [2.24, 2.45) is 5.92 Å². The number of hydrogen-bond acceptors (Lipinski definition) is 4. The summed E-state index contributed by atoms with van der Waals surface area (Å²) in [5, 5.41) is 3.30. The number of fused-ring (bicyclic) bond motifs is 2. The van der Waals surface area contributed by atoms with Crippen molar-refractivity contribution >= 4 is 6.08 Å². The van der Waals surface area contributed by atoms with E-state index in [0.717, 1.165) is 16.7 Å². The van der Waals surface area contributed by atoms with E-state index < -0.39 is 0 Å². The Bertz CT molecular complexity index is 882. The third-order valence-corrected chi connectivity index (χ3v) is 3.75. The summed E-state index contributed by atoms with van der Waals surface area (Å²) in [6.45, 7) is 0. The fourth-order valence-electron chi connectivity index (χ4n) is 2.60. The predicted molar refractivity (Wildman–Crippen MR) is 80.8 cm³/mol. The fourth-order valence-corrected chi connectivity index (χ4v) is 2.60. The van der Waals surface area contributed by atoms with Gasteiger partial charge in [0.25, 0.3) is 5.48 Å². The molecule has 0 bridgehead atoms. The lowest BCUT2D eigenvalue weighted by Gasteiger charge is -2.12. The molecule has 2 N–H and O–H groups in total. The topological polar surface area (TPSA) is 72.4 Å². The van der Waals surface area contributed by atoms with E-state index in [1.54, 1.807) is 31.2 Å². The van der Waals surface area contributed by atoms with Crippen LogP contribution in [-0.4, -0.2) is 26.0 Å². The van der Waals surface area contributed by atoms with Crippen molar-refractivity contribution in [2.45, 2.75) is 6.04 Å². The quantitative estimate of drug-likeness (QED) is 0.736. The minimum atomic E-state index is 0.266. The normalized spacial score (nSPS) is 20.7. The van der Waals surface area contributed by atoms with Gasteiger partial charge in [-0.05, 0) is 18.3 Å². The molecule has 4 rings (SSSR count). The summed E-state index contributed by atoms with van der Waals surface area (Å²) in [6, 6.07) is 4.12. The third-order valence-electron chi connectivity index (χ3n) is 3.75. The molecule has 0 radical (unpaired) electrons. The molecule has 0 saturated carbocycles. The van der Waals surface area contributed by atoms with Crippen LogP contribution in [0.2, 0.25) is 0 Å². The molecule has 22 heavy (non-hydrogen) atoms. The zero-order valence-electron chi connectivity index (χ0n) is 11.8. The molecule has 0 aromatic carbocycles. The first-order chi connectivity index (χ1) is 10.9. The van der Waals surface area contributed by atoms with Gasteiger partial charge in [0.2, 0.25) is 6.33 Å². The van der Waals surface area contributed by atoms with Gasteiger partial charge in [-0.1, -0.05) is 11.1 Å². The second-order valence-corrected chi connectivity index (χ2v) is 5.16. The van der Waals surface area contributed by atoms with Crippen molar-refractivity contribution in [2.75, 3.05) is 0 Å². The number of rotatable bonds is 1. The summed E-state index contributed by atoms with van der Waals surface area (Å²) in [7, 11) is 0. The molecule has 6 heteroatoms. The Morgan fingerprint density at radius 3 is 2.95 bits per heavy atom. The monoisotopic (exact) mass is 291 g/mol. The van der Waals surface area contributed by atoms with Crippen molar-refractivity contribution in [1.82, 2.24) is 25.3 Å². The molecule has 2 aromatic rings. The molecular weight excluding hydrogens is 276 g/mol. The molecule has 0 amide bonds. The van der Waals surface area contributed by atoms with Gasteiger partial charge < -0.3 is 10.3 Å². The van der Waals surface area contributed by atoms with Crippen LogP contribution in [0.3, 0.4) is 0 Å². The smallest absolute Gasteiger partial charge is 0.265 e. The van der Waals surface area contributed by atoms with Crippen LogP contribution in [0, 0.1) is 12.1 Å².